The minimum atomic E-state index is -4.51. The first-order valence-electron chi connectivity index (χ1n) is 11.0. The summed E-state index contributed by atoms with van der Waals surface area (Å²) in [6.07, 6.45) is -0.918. The van der Waals surface area contributed by atoms with E-state index >= 15 is 0 Å². The molecule has 2 amide bonds. The Balaban J connectivity index is 1.55. The summed E-state index contributed by atoms with van der Waals surface area (Å²) in [6, 6.07) is 3.45. The fraction of sp³-hybridized carbons (Fsp3) is 0.391. The average Bonchev–Trinajstić information content (AvgIpc) is 3.43. The van der Waals surface area contributed by atoms with Gasteiger partial charge in [-0.3, -0.25) is 9.59 Å². The highest BCUT2D eigenvalue weighted by Crippen LogP contribution is 2.36. The summed E-state index contributed by atoms with van der Waals surface area (Å²) in [6.45, 7) is 5.02. The largest absolute Gasteiger partial charge is 0.416 e. The van der Waals surface area contributed by atoms with Crippen molar-refractivity contribution in [2.24, 2.45) is 5.73 Å². The highest BCUT2D eigenvalue weighted by Gasteiger charge is 2.32. The number of carbonyl (C=O) groups is 2. The summed E-state index contributed by atoms with van der Waals surface area (Å²) in [4.78, 5) is 30.8. The number of primary amides is 1. The molecule has 0 radical (unpaired) electrons. The van der Waals surface area contributed by atoms with Gasteiger partial charge in [0.15, 0.2) is 5.65 Å². The van der Waals surface area contributed by atoms with Gasteiger partial charge in [-0.2, -0.15) is 18.3 Å². The van der Waals surface area contributed by atoms with E-state index in [2.05, 4.69) is 15.4 Å². The molecule has 2 aromatic heterocycles. The maximum absolute atomic E-state index is 13.3. The van der Waals surface area contributed by atoms with Gasteiger partial charge >= 0.3 is 6.18 Å². The summed E-state index contributed by atoms with van der Waals surface area (Å²) in [5.41, 5.74) is 7.95. The summed E-state index contributed by atoms with van der Waals surface area (Å²) in [5.74, 6) is -1.04. The zero-order chi connectivity index (χ0) is 24.6. The summed E-state index contributed by atoms with van der Waals surface area (Å²) < 4.78 is 41.3. The summed E-state index contributed by atoms with van der Waals surface area (Å²) in [5, 5.41) is 6.85. The molecule has 0 spiro atoms. The van der Waals surface area contributed by atoms with Crippen LogP contribution >= 0.6 is 0 Å². The van der Waals surface area contributed by atoms with Crippen LogP contribution in [-0.4, -0.2) is 39.5 Å². The number of aryl methyl sites for hydroxylation is 2. The van der Waals surface area contributed by atoms with E-state index < -0.39 is 23.6 Å². The first-order chi connectivity index (χ1) is 16.1. The number of aromatic nitrogens is 3. The van der Waals surface area contributed by atoms with Gasteiger partial charge in [0.05, 0.1) is 23.1 Å². The second-order valence-corrected chi connectivity index (χ2v) is 8.39. The van der Waals surface area contributed by atoms with E-state index in [1.807, 2.05) is 4.90 Å². The monoisotopic (exact) mass is 474 g/mol. The second-order valence-electron chi connectivity index (χ2n) is 8.39. The van der Waals surface area contributed by atoms with E-state index in [9.17, 15) is 22.8 Å². The Hall–Kier alpha value is -3.63. The number of nitrogens with two attached hydrogens (primary N) is 1. The quantitative estimate of drug-likeness (QED) is 0.568. The van der Waals surface area contributed by atoms with Gasteiger partial charge in [-0.15, -0.1) is 0 Å². The van der Waals surface area contributed by atoms with Crippen LogP contribution in [0.4, 0.5) is 24.5 Å². The molecule has 1 aromatic carbocycles. The fourth-order valence-corrected chi connectivity index (χ4v) is 4.34. The first-order valence-corrected chi connectivity index (χ1v) is 11.0. The molecule has 3 heterocycles. The molecule has 180 valence electrons. The van der Waals surface area contributed by atoms with Crippen molar-refractivity contribution < 1.29 is 22.8 Å². The third kappa shape index (κ3) is 4.55. The van der Waals surface area contributed by atoms with Gasteiger partial charge in [0, 0.05) is 30.9 Å². The van der Waals surface area contributed by atoms with Crippen LogP contribution in [0, 0.1) is 13.8 Å². The van der Waals surface area contributed by atoms with Crippen LogP contribution in [0.25, 0.3) is 5.65 Å². The lowest BCUT2D eigenvalue weighted by molar-refractivity contribution is -0.137. The smallest absolute Gasteiger partial charge is 0.370 e. The standard InChI is InChI=1S/C23H25F3N6O2/c1-13-16(14(2)32-22(29-13)17(12-28-32)21(27)34)6-8-20(33)30-18-11-15(23(24,25)26)5-7-19(18)31-9-3-4-10-31/h5,7,11-12H,3-4,6,8-10H2,1-2H3,(H2,27,34)(H,30,33). The number of fused-ring (bicyclic) bond motifs is 1. The number of rotatable bonds is 6. The van der Waals surface area contributed by atoms with Crippen molar-refractivity contribution in [1.82, 2.24) is 14.6 Å². The minimum Gasteiger partial charge on any atom is -0.370 e. The SMILES string of the molecule is Cc1nc2c(C(N)=O)cnn2c(C)c1CCC(=O)Nc1cc(C(F)(F)F)ccc1N1CCCC1. The van der Waals surface area contributed by atoms with Crippen molar-refractivity contribution in [3.05, 3.63) is 52.5 Å². The highest BCUT2D eigenvalue weighted by atomic mass is 19.4. The van der Waals surface area contributed by atoms with E-state index in [0.29, 0.717) is 29.1 Å². The third-order valence-corrected chi connectivity index (χ3v) is 6.12. The van der Waals surface area contributed by atoms with Crippen LogP contribution in [0.5, 0.6) is 0 Å². The lowest BCUT2D eigenvalue weighted by atomic mass is 10.1. The van der Waals surface area contributed by atoms with Gasteiger partial charge in [0.25, 0.3) is 5.91 Å². The molecule has 34 heavy (non-hydrogen) atoms. The van der Waals surface area contributed by atoms with E-state index in [0.717, 1.165) is 43.6 Å². The molecule has 1 saturated heterocycles. The Morgan fingerprint density at radius 2 is 1.88 bits per heavy atom. The van der Waals surface area contributed by atoms with Crippen LogP contribution in [0.2, 0.25) is 0 Å². The molecule has 11 heteroatoms. The van der Waals surface area contributed by atoms with Crippen LogP contribution in [0.3, 0.4) is 0 Å². The Bertz CT molecular complexity index is 1260. The normalized spacial score (nSPS) is 14.1. The number of benzene rings is 1. The molecule has 0 bridgehead atoms. The molecule has 4 rings (SSSR count). The van der Waals surface area contributed by atoms with Crippen molar-refractivity contribution in [2.75, 3.05) is 23.3 Å². The number of halogens is 3. The van der Waals surface area contributed by atoms with Gasteiger partial charge in [0.1, 0.15) is 5.56 Å². The minimum absolute atomic E-state index is 0.0362. The summed E-state index contributed by atoms with van der Waals surface area (Å²) >= 11 is 0. The Kier molecular flexibility index (Phi) is 6.20. The predicted molar refractivity (Wildman–Crippen MR) is 121 cm³/mol. The Labute approximate surface area is 193 Å². The van der Waals surface area contributed by atoms with Crippen molar-refractivity contribution in [1.29, 1.82) is 0 Å². The Morgan fingerprint density at radius 1 is 1.18 bits per heavy atom. The molecule has 3 N–H and O–H groups in total. The highest BCUT2D eigenvalue weighted by molar-refractivity contribution is 5.98. The number of anilines is 2. The van der Waals surface area contributed by atoms with Gasteiger partial charge in [-0.25, -0.2) is 9.50 Å². The molecule has 1 aliphatic rings. The molecule has 0 saturated carbocycles. The molecule has 1 aliphatic heterocycles. The number of nitrogens with one attached hydrogen (secondary N) is 1. The van der Waals surface area contributed by atoms with Crippen molar-refractivity contribution in [3.63, 3.8) is 0 Å². The Morgan fingerprint density at radius 3 is 2.53 bits per heavy atom. The van der Waals surface area contributed by atoms with Crippen molar-refractivity contribution in [3.8, 4) is 0 Å². The van der Waals surface area contributed by atoms with E-state index in [1.165, 1.54) is 16.8 Å². The maximum atomic E-state index is 13.3. The molecule has 3 aromatic rings. The zero-order valence-electron chi connectivity index (χ0n) is 18.9. The number of carbonyl (C=O) groups excluding carboxylic acids is 2. The number of nitrogens with zero attached hydrogens (tertiary/aromatic N) is 4. The van der Waals surface area contributed by atoms with Crippen LogP contribution < -0.4 is 16.0 Å². The number of hydrogen-bond donors (Lipinski definition) is 2. The van der Waals surface area contributed by atoms with Gasteiger partial charge in [-0.05, 0) is 56.9 Å². The van der Waals surface area contributed by atoms with Crippen LogP contribution in [0.1, 0.15) is 52.1 Å². The molecule has 0 atom stereocenters. The summed E-state index contributed by atoms with van der Waals surface area (Å²) in [7, 11) is 0. The molecular weight excluding hydrogens is 449 g/mol. The number of amides is 2. The van der Waals surface area contributed by atoms with Crippen molar-refractivity contribution in [2.45, 2.75) is 45.7 Å². The molecule has 8 nitrogen and oxygen atoms in total. The lowest BCUT2D eigenvalue weighted by Gasteiger charge is -2.23. The lowest BCUT2D eigenvalue weighted by Crippen LogP contribution is -2.22. The van der Waals surface area contributed by atoms with Crippen LogP contribution in [0.15, 0.2) is 24.4 Å². The van der Waals surface area contributed by atoms with Crippen LogP contribution in [-0.2, 0) is 17.4 Å². The van der Waals surface area contributed by atoms with E-state index in [4.69, 9.17) is 5.73 Å². The van der Waals surface area contributed by atoms with Gasteiger partial charge in [-0.1, -0.05) is 0 Å². The van der Waals surface area contributed by atoms with E-state index in [-0.39, 0.29) is 17.7 Å². The van der Waals surface area contributed by atoms with E-state index in [1.54, 1.807) is 13.8 Å². The second kappa shape index (κ2) is 8.96. The predicted octanol–water partition coefficient (Wildman–Crippen LogP) is 3.64. The zero-order valence-corrected chi connectivity index (χ0v) is 18.9. The van der Waals surface area contributed by atoms with Gasteiger partial charge in [0.2, 0.25) is 5.91 Å². The number of alkyl halides is 3. The average molecular weight is 474 g/mol. The third-order valence-electron chi connectivity index (χ3n) is 6.12. The van der Waals surface area contributed by atoms with Gasteiger partial charge < -0.3 is 16.0 Å². The molecule has 1 fully saturated rings. The number of hydrogen-bond acceptors (Lipinski definition) is 5. The van der Waals surface area contributed by atoms with Crippen molar-refractivity contribution >= 4 is 28.8 Å². The topological polar surface area (TPSA) is 106 Å². The molecular formula is C23H25F3N6O2. The molecule has 0 unspecified atom stereocenters. The fourth-order valence-electron chi connectivity index (χ4n) is 4.34. The first kappa shape index (κ1) is 23.5. The molecule has 0 aliphatic carbocycles. The maximum Gasteiger partial charge on any atom is 0.416 e.